The molecule has 0 aliphatic carbocycles. The predicted molar refractivity (Wildman–Crippen MR) is 186 cm³/mol. The summed E-state index contributed by atoms with van der Waals surface area (Å²) in [4.78, 5) is 58.1. The van der Waals surface area contributed by atoms with Gasteiger partial charge in [-0.15, -0.1) is 22.7 Å². The maximum absolute atomic E-state index is 14.4. The lowest BCUT2D eigenvalue weighted by Gasteiger charge is -2.12. The fraction of sp³-hybridized carbons (Fsp3) is 0.267. The van der Waals surface area contributed by atoms with Crippen LogP contribution in [0.2, 0.25) is 0 Å². The molecule has 47 heavy (non-hydrogen) atoms. The summed E-state index contributed by atoms with van der Waals surface area (Å²) in [6, 6.07) is 4.31. The van der Waals surface area contributed by atoms with Gasteiger partial charge in [-0.2, -0.15) is 0 Å². The summed E-state index contributed by atoms with van der Waals surface area (Å²) in [6.45, 7) is 0. The summed E-state index contributed by atoms with van der Waals surface area (Å²) in [6.07, 6.45) is 5.90. The average Bonchev–Trinajstić information content (AvgIpc) is 3.63. The Balaban J connectivity index is 0.000000218. The van der Waals surface area contributed by atoms with Gasteiger partial charge >= 0.3 is 5.97 Å². The first-order valence-electron chi connectivity index (χ1n) is 13.9. The summed E-state index contributed by atoms with van der Waals surface area (Å²) >= 11 is 2.48. The van der Waals surface area contributed by atoms with Crippen LogP contribution < -0.4 is 20.1 Å². The number of aromatic nitrogens is 6. The highest BCUT2D eigenvalue weighted by molar-refractivity contribution is 7.25. The molecular formula is C30H33FN10O4S2. The van der Waals surface area contributed by atoms with E-state index in [1.54, 1.807) is 17.3 Å². The summed E-state index contributed by atoms with van der Waals surface area (Å²) in [5.74, 6) is 0.788. The second-order valence-corrected chi connectivity index (χ2v) is 12.5. The van der Waals surface area contributed by atoms with Crippen molar-refractivity contribution in [2.75, 3.05) is 66.3 Å². The van der Waals surface area contributed by atoms with Gasteiger partial charge in [-0.25, -0.2) is 39.1 Å². The summed E-state index contributed by atoms with van der Waals surface area (Å²) in [7, 11) is 14.0. The van der Waals surface area contributed by atoms with Crippen molar-refractivity contribution < 1.29 is 20.1 Å². The van der Waals surface area contributed by atoms with E-state index in [-0.39, 0.29) is 12.7 Å². The number of carbonyl (C=O) groups is 1. The number of rotatable bonds is 7. The van der Waals surface area contributed by atoms with Gasteiger partial charge in [0.2, 0.25) is 0 Å². The summed E-state index contributed by atoms with van der Waals surface area (Å²) in [5, 5.41) is 1.47. The molecule has 14 nitrogen and oxygen atoms in total. The third-order valence-corrected chi connectivity index (χ3v) is 8.79. The number of aliphatic imine (C=N–C) groups is 1. The summed E-state index contributed by atoms with van der Waals surface area (Å²) in [5.41, 5.74) is 0.817. The quantitative estimate of drug-likeness (QED) is 0.132. The van der Waals surface area contributed by atoms with Crippen LogP contribution in [-0.4, -0.2) is 103 Å². The molecule has 0 aliphatic heterocycles. The van der Waals surface area contributed by atoms with Crippen molar-refractivity contribution in [3.8, 4) is 11.4 Å². The van der Waals surface area contributed by atoms with Crippen LogP contribution in [0.15, 0.2) is 47.0 Å². The fourth-order valence-electron chi connectivity index (χ4n) is 4.54. The number of hydrogen-bond donors (Lipinski definition) is 0. The molecule has 0 amide bonds. The lowest BCUT2D eigenvalue weighted by atomic mass is 10.2. The molecule has 246 valence electrons. The summed E-state index contributed by atoms with van der Waals surface area (Å²) < 4.78 is 25.8. The maximum Gasteiger partial charge on any atom is 0.350 e. The highest BCUT2D eigenvalue weighted by atomic mass is 32.1. The Morgan fingerprint density at radius 1 is 0.936 bits per heavy atom. The van der Waals surface area contributed by atoms with E-state index in [4.69, 9.17) is 9.47 Å². The number of nitrogens with zero attached hydrogens (tertiary/aromatic N) is 10. The van der Waals surface area contributed by atoms with E-state index >= 15 is 0 Å². The van der Waals surface area contributed by atoms with Crippen LogP contribution in [0.1, 0.15) is 11.1 Å². The van der Waals surface area contributed by atoms with Gasteiger partial charge in [0.15, 0.2) is 5.82 Å². The van der Waals surface area contributed by atoms with E-state index in [1.165, 1.54) is 72.6 Å². The number of halogens is 1. The van der Waals surface area contributed by atoms with Crippen molar-refractivity contribution in [1.82, 2.24) is 34.4 Å². The fourth-order valence-corrected chi connectivity index (χ4v) is 6.56. The second-order valence-electron chi connectivity index (χ2n) is 10.5. The van der Waals surface area contributed by atoms with Gasteiger partial charge < -0.3 is 24.2 Å². The highest BCUT2D eigenvalue weighted by Crippen LogP contribution is 2.41. The van der Waals surface area contributed by atoms with E-state index in [9.17, 15) is 14.0 Å². The molecular weight excluding hydrogens is 648 g/mol. The minimum atomic E-state index is -0.567. The van der Waals surface area contributed by atoms with Crippen LogP contribution in [0.5, 0.6) is 5.75 Å². The Morgan fingerprint density at radius 2 is 1.57 bits per heavy atom. The standard InChI is InChI=1S/C17H14FN5O2S.C13H17N5O2S.H2/c1-22(2)15-12-13-14(26-16(12)20-7-19-15)17(24)23(8-21-13)11-5-4-9(25-3)6-10(11)18;1-17(2)7-16-9-8-11(18(3)4)14-6-15-12(8)21-10(9)13(19)20-5;/h4-8H,1-3H3;6-7H,1-5H3;1H. The first-order chi connectivity index (χ1) is 22.5. The smallest absolute Gasteiger partial charge is 0.350 e. The molecule has 0 fully saturated rings. The number of methoxy groups -OCH3 is 2. The Labute approximate surface area is 277 Å². The molecule has 6 aromatic rings. The van der Waals surface area contributed by atoms with Gasteiger partial charge in [-0.1, -0.05) is 0 Å². The van der Waals surface area contributed by atoms with Crippen molar-refractivity contribution >= 4 is 83.0 Å². The molecule has 0 unspecified atom stereocenters. The Morgan fingerprint density at radius 3 is 2.15 bits per heavy atom. The van der Waals surface area contributed by atoms with Crippen molar-refractivity contribution in [2.24, 2.45) is 4.99 Å². The highest BCUT2D eigenvalue weighted by Gasteiger charge is 2.23. The molecule has 0 radical (unpaired) electrons. The first-order valence-corrected chi connectivity index (χ1v) is 15.5. The number of esters is 1. The van der Waals surface area contributed by atoms with E-state index in [0.29, 0.717) is 42.0 Å². The van der Waals surface area contributed by atoms with Gasteiger partial charge in [0.05, 0.1) is 37.0 Å². The molecule has 17 heteroatoms. The maximum atomic E-state index is 14.4. The van der Waals surface area contributed by atoms with Gasteiger partial charge in [0.25, 0.3) is 5.56 Å². The lowest BCUT2D eigenvalue weighted by molar-refractivity contribution is 0.0607. The van der Waals surface area contributed by atoms with E-state index in [1.807, 2.05) is 52.1 Å². The van der Waals surface area contributed by atoms with Gasteiger partial charge in [0, 0.05) is 49.8 Å². The number of ether oxygens (including phenoxy) is 2. The minimum Gasteiger partial charge on any atom is -0.497 e. The van der Waals surface area contributed by atoms with Crippen LogP contribution in [0.4, 0.5) is 21.7 Å². The molecule has 5 heterocycles. The molecule has 0 N–H and O–H groups in total. The van der Waals surface area contributed by atoms with Gasteiger partial charge in [0.1, 0.15) is 66.8 Å². The largest absolute Gasteiger partial charge is 0.497 e. The first kappa shape index (κ1) is 33.1. The lowest BCUT2D eigenvalue weighted by Crippen LogP contribution is -2.19. The zero-order valence-corrected chi connectivity index (χ0v) is 28.5. The van der Waals surface area contributed by atoms with Crippen LogP contribution in [-0.2, 0) is 4.74 Å². The number of fused-ring (bicyclic) bond motifs is 4. The predicted octanol–water partition coefficient (Wildman–Crippen LogP) is 4.62. The Hall–Kier alpha value is -5.29. The normalized spacial score (nSPS) is 11.2. The van der Waals surface area contributed by atoms with Crippen molar-refractivity contribution in [3.63, 3.8) is 0 Å². The minimum absolute atomic E-state index is 0. The van der Waals surface area contributed by atoms with Crippen molar-refractivity contribution in [3.05, 3.63) is 58.2 Å². The third kappa shape index (κ3) is 6.39. The van der Waals surface area contributed by atoms with Crippen molar-refractivity contribution in [2.45, 2.75) is 0 Å². The molecule has 5 aromatic heterocycles. The molecule has 0 atom stereocenters. The number of hydrogen-bond acceptors (Lipinski definition) is 14. The molecule has 1 aromatic carbocycles. The van der Waals surface area contributed by atoms with Crippen molar-refractivity contribution in [1.29, 1.82) is 0 Å². The van der Waals surface area contributed by atoms with Crippen LogP contribution >= 0.6 is 22.7 Å². The van der Waals surface area contributed by atoms with Crippen LogP contribution in [0, 0.1) is 5.82 Å². The number of thiophene rings is 2. The molecule has 0 bridgehead atoms. The zero-order chi connectivity index (χ0) is 34.0. The number of benzene rings is 1. The molecule has 0 saturated carbocycles. The molecule has 0 spiro atoms. The average molecular weight is 681 g/mol. The van der Waals surface area contributed by atoms with E-state index in [0.717, 1.165) is 16.6 Å². The molecule has 0 saturated heterocycles. The Kier molecular flexibility index (Phi) is 9.57. The van der Waals surface area contributed by atoms with Gasteiger partial charge in [-0.3, -0.25) is 9.36 Å². The second kappa shape index (κ2) is 13.6. The topological polar surface area (TPSA) is 144 Å². The number of carbonyl (C=O) groups excluding carboxylic acids is 1. The number of anilines is 2. The van der Waals surface area contributed by atoms with Crippen LogP contribution in [0.3, 0.4) is 0 Å². The molecule has 6 rings (SSSR count). The van der Waals surface area contributed by atoms with E-state index in [2.05, 4.69) is 29.9 Å². The monoisotopic (exact) mass is 680 g/mol. The third-order valence-electron chi connectivity index (χ3n) is 6.65. The SMILES string of the molecule is COC(=O)c1sc2ncnc(N(C)C)c2c1N=CN(C)C.COc1ccc(-n2cnc3c(sc4ncnc(N(C)C)c43)c2=O)c(F)c1.[HH]. The zero-order valence-electron chi connectivity index (χ0n) is 26.8. The van der Waals surface area contributed by atoms with Gasteiger partial charge in [-0.05, 0) is 12.1 Å². The molecule has 0 aliphatic rings. The Bertz CT molecular complexity index is 2200. The van der Waals surface area contributed by atoms with E-state index < -0.39 is 11.8 Å². The van der Waals surface area contributed by atoms with Crippen LogP contribution in [0.25, 0.3) is 36.3 Å².